The van der Waals surface area contributed by atoms with Gasteiger partial charge in [-0.1, -0.05) is 188 Å². The van der Waals surface area contributed by atoms with Crippen LogP contribution in [0.15, 0.2) is 218 Å². The van der Waals surface area contributed by atoms with Crippen LogP contribution in [-0.4, -0.2) is 4.57 Å². The van der Waals surface area contributed by atoms with Crippen molar-refractivity contribution in [2.45, 2.75) is 5.92 Å². The molecule has 0 amide bonds. The molecular weight excluding hydrogens is 675 g/mol. The Hall–Kier alpha value is -7.22. The normalized spacial score (nSPS) is 12.2. The van der Waals surface area contributed by atoms with E-state index in [0.717, 1.165) is 5.69 Å². The van der Waals surface area contributed by atoms with Crippen molar-refractivity contribution in [2.24, 2.45) is 0 Å². The van der Waals surface area contributed by atoms with E-state index < -0.39 is 0 Å². The van der Waals surface area contributed by atoms with Crippen molar-refractivity contribution in [3.8, 4) is 27.9 Å². The third-order valence-corrected chi connectivity index (χ3v) is 11.7. The van der Waals surface area contributed by atoms with Crippen LogP contribution in [0.4, 0.5) is 0 Å². The lowest BCUT2D eigenvalue weighted by Crippen LogP contribution is -2.04. The van der Waals surface area contributed by atoms with Crippen LogP contribution in [0.1, 0.15) is 22.6 Å². The van der Waals surface area contributed by atoms with Crippen molar-refractivity contribution in [3.63, 3.8) is 0 Å². The molecule has 11 rings (SSSR count). The maximum Gasteiger partial charge on any atom is 0.0553 e. The van der Waals surface area contributed by atoms with Crippen LogP contribution < -0.4 is 0 Å². The zero-order valence-corrected chi connectivity index (χ0v) is 30.8. The SMILES string of the molecule is c1ccc(C(c2ccc(-c3cc4ccccc4c4ccccc34)cc2)c2cccc(-c3c4ccccc4cc4c3c3ccccc3n4-c3ccccc3)c2)cc1. The average molecular weight is 712 g/mol. The van der Waals surface area contributed by atoms with Crippen molar-refractivity contribution >= 4 is 54.1 Å². The predicted octanol–water partition coefficient (Wildman–Crippen LogP) is 14.8. The quantitative estimate of drug-likeness (QED) is 0.120. The summed E-state index contributed by atoms with van der Waals surface area (Å²) >= 11 is 0. The lowest BCUT2D eigenvalue weighted by molar-refractivity contribution is 0.978. The molecule has 56 heavy (non-hydrogen) atoms. The number of aromatic nitrogens is 1. The molecule has 1 aromatic heterocycles. The smallest absolute Gasteiger partial charge is 0.0553 e. The Morgan fingerprint density at radius 1 is 0.321 bits per heavy atom. The second-order valence-electron chi connectivity index (χ2n) is 14.8. The minimum Gasteiger partial charge on any atom is -0.309 e. The molecular formula is C55H37N. The molecule has 1 nitrogen and oxygen atoms in total. The van der Waals surface area contributed by atoms with Crippen molar-refractivity contribution < 1.29 is 0 Å². The molecule has 0 radical (unpaired) electrons. The van der Waals surface area contributed by atoms with Gasteiger partial charge in [0, 0.05) is 22.4 Å². The maximum absolute atomic E-state index is 2.44. The summed E-state index contributed by atoms with van der Waals surface area (Å²) in [7, 11) is 0. The van der Waals surface area contributed by atoms with Gasteiger partial charge in [0.05, 0.1) is 11.0 Å². The number of rotatable bonds is 6. The van der Waals surface area contributed by atoms with Crippen LogP contribution >= 0.6 is 0 Å². The summed E-state index contributed by atoms with van der Waals surface area (Å²) in [5, 5.41) is 10.2. The number of benzene rings is 10. The van der Waals surface area contributed by atoms with Gasteiger partial charge in [-0.2, -0.15) is 0 Å². The molecule has 0 aliphatic heterocycles. The van der Waals surface area contributed by atoms with Gasteiger partial charge < -0.3 is 4.57 Å². The fourth-order valence-electron chi connectivity index (χ4n) is 9.19. The van der Waals surface area contributed by atoms with Crippen LogP contribution in [0, 0.1) is 0 Å². The monoisotopic (exact) mass is 711 g/mol. The second-order valence-corrected chi connectivity index (χ2v) is 14.8. The maximum atomic E-state index is 2.44. The Bertz CT molecular complexity index is 3230. The van der Waals surface area contributed by atoms with Crippen molar-refractivity contribution in [2.75, 3.05) is 0 Å². The Labute approximate surface area is 326 Å². The summed E-state index contributed by atoms with van der Waals surface area (Å²) in [5.74, 6) is 0.0506. The minimum absolute atomic E-state index is 0.0506. The first kappa shape index (κ1) is 32.2. The van der Waals surface area contributed by atoms with Gasteiger partial charge in [0.25, 0.3) is 0 Å². The van der Waals surface area contributed by atoms with Gasteiger partial charge in [0.1, 0.15) is 0 Å². The Kier molecular flexibility index (Phi) is 7.64. The molecule has 0 bridgehead atoms. The predicted molar refractivity (Wildman–Crippen MR) is 238 cm³/mol. The molecule has 0 fully saturated rings. The molecule has 10 aromatic carbocycles. The molecule has 0 aliphatic carbocycles. The fraction of sp³-hybridized carbons (Fsp3) is 0.0182. The summed E-state index contributed by atoms with van der Waals surface area (Å²) in [6, 6.07) is 80.3. The van der Waals surface area contributed by atoms with Gasteiger partial charge in [0.15, 0.2) is 0 Å². The van der Waals surface area contributed by atoms with Gasteiger partial charge in [-0.3, -0.25) is 0 Å². The number of hydrogen-bond donors (Lipinski definition) is 0. The zero-order valence-electron chi connectivity index (χ0n) is 30.8. The van der Waals surface area contributed by atoms with Crippen molar-refractivity contribution in [3.05, 3.63) is 235 Å². The third kappa shape index (κ3) is 5.24. The van der Waals surface area contributed by atoms with Crippen LogP contribution in [0.2, 0.25) is 0 Å². The van der Waals surface area contributed by atoms with E-state index in [1.807, 2.05) is 0 Å². The third-order valence-electron chi connectivity index (χ3n) is 11.7. The number of para-hydroxylation sites is 2. The highest BCUT2D eigenvalue weighted by atomic mass is 15.0. The van der Waals surface area contributed by atoms with Crippen LogP contribution in [0.3, 0.4) is 0 Å². The van der Waals surface area contributed by atoms with E-state index in [9.17, 15) is 0 Å². The van der Waals surface area contributed by atoms with Gasteiger partial charge in [-0.15, -0.1) is 0 Å². The van der Waals surface area contributed by atoms with E-state index in [2.05, 4.69) is 223 Å². The molecule has 262 valence electrons. The first-order chi connectivity index (χ1) is 27.8. The molecule has 0 aliphatic rings. The van der Waals surface area contributed by atoms with E-state index in [4.69, 9.17) is 0 Å². The minimum atomic E-state index is 0.0506. The van der Waals surface area contributed by atoms with Gasteiger partial charge in [-0.25, -0.2) is 0 Å². The lowest BCUT2D eigenvalue weighted by atomic mass is 9.82. The molecule has 11 aromatic rings. The number of nitrogens with zero attached hydrogens (tertiary/aromatic N) is 1. The standard InChI is InChI=1S/C55H37N/c1-3-16-38(17-4-1)53(39-32-30-37(31-33-39)50-35-40-18-7-9-24-45(40)47-26-11-12-27-48(47)50)42-20-15-21-43(34-42)54-46-25-10-8-19-41(46)36-52-55(54)49-28-13-14-29-51(49)56(52)44-22-5-2-6-23-44/h1-36,53H. The molecule has 1 unspecified atom stereocenters. The summed E-state index contributed by atoms with van der Waals surface area (Å²) < 4.78 is 2.43. The summed E-state index contributed by atoms with van der Waals surface area (Å²) in [5.41, 5.74) is 12.4. The number of hydrogen-bond acceptors (Lipinski definition) is 0. The number of fused-ring (bicyclic) bond motifs is 7. The fourth-order valence-corrected chi connectivity index (χ4v) is 9.19. The van der Waals surface area contributed by atoms with E-state index in [1.54, 1.807) is 0 Å². The summed E-state index contributed by atoms with van der Waals surface area (Å²) in [6.07, 6.45) is 0. The average Bonchev–Trinajstić information content (AvgIpc) is 3.60. The summed E-state index contributed by atoms with van der Waals surface area (Å²) in [6.45, 7) is 0. The molecule has 1 atom stereocenters. The Morgan fingerprint density at radius 2 is 0.893 bits per heavy atom. The first-order valence-electron chi connectivity index (χ1n) is 19.5. The van der Waals surface area contributed by atoms with Gasteiger partial charge in [0.2, 0.25) is 0 Å². The van der Waals surface area contributed by atoms with E-state index in [1.165, 1.54) is 93.1 Å². The second kappa shape index (κ2) is 13.3. The van der Waals surface area contributed by atoms with Crippen molar-refractivity contribution in [1.82, 2.24) is 4.57 Å². The van der Waals surface area contributed by atoms with Gasteiger partial charge >= 0.3 is 0 Å². The topological polar surface area (TPSA) is 4.93 Å². The molecule has 0 saturated heterocycles. The van der Waals surface area contributed by atoms with Crippen LogP contribution in [-0.2, 0) is 0 Å². The highest BCUT2D eigenvalue weighted by molar-refractivity contribution is 6.23. The summed E-state index contributed by atoms with van der Waals surface area (Å²) in [4.78, 5) is 0. The molecule has 0 N–H and O–H groups in total. The van der Waals surface area contributed by atoms with Gasteiger partial charge in [-0.05, 0) is 102 Å². The molecule has 0 saturated carbocycles. The Balaban J connectivity index is 1.10. The molecule has 1 heterocycles. The van der Waals surface area contributed by atoms with Crippen molar-refractivity contribution in [1.29, 1.82) is 0 Å². The van der Waals surface area contributed by atoms with E-state index in [-0.39, 0.29) is 5.92 Å². The van der Waals surface area contributed by atoms with E-state index in [0.29, 0.717) is 0 Å². The van der Waals surface area contributed by atoms with Crippen LogP contribution in [0.5, 0.6) is 0 Å². The van der Waals surface area contributed by atoms with E-state index >= 15 is 0 Å². The zero-order chi connectivity index (χ0) is 37.0. The molecule has 1 heteroatoms. The Morgan fingerprint density at radius 3 is 1.66 bits per heavy atom. The lowest BCUT2D eigenvalue weighted by Gasteiger charge is -2.21. The first-order valence-corrected chi connectivity index (χ1v) is 19.5. The van der Waals surface area contributed by atoms with Crippen LogP contribution in [0.25, 0.3) is 82.1 Å². The highest BCUT2D eigenvalue weighted by Crippen LogP contribution is 2.44. The largest absolute Gasteiger partial charge is 0.309 e. The molecule has 0 spiro atoms. The highest BCUT2D eigenvalue weighted by Gasteiger charge is 2.22.